The molecule has 25 heavy (non-hydrogen) atoms. The number of nitrogens with zero attached hydrogens (tertiary/aromatic N) is 3. The highest BCUT2D eigenvalue weighted by atomic mass is 35.5. The summed E-state index contributed by atoms with van der Waals surface area (Å²) in [5.41, 5.74) is 5.49. The number of rotatable bonds is 3. The van der Waals surface area contributed by atoms with E-state index in [0.29, 0.717) is 4.77 Å². The highest BCUT2D eigenvalue weighted by molar-refractivity contribution is 7.71. The summed E-state index contributed by atoms with van der Waals surface area (Å²) in [5.74, 6) is 0. The van der Waals surface area contributed by atoms with E-state index in [1.54, 1.807) is 0 Å². The first kappa shape index (κ1) is 16.4. The molecule has 0 bridgehead atoms. The van der Waals surface area contributed by atoms with Crippen LogP contribution in [-0.2, 0) is 19.5 Å². The summed E-state index contributed by atoms with van der Waals surface area (Å²) >= 11 is 11.3. The minimum Gasteiger partial charge on any atom is -0.334 e. The van der Waals surface area contributed by atoms with Crippen molar-refractivity contribution in [2.75, 3.05) is 6.54 Å². The molecule has 3 aromatic rings. The van der Waals surface area contributed by atoms with Gasteiger partial charge in [-0.05, 0) is 29.9 Å². The number of fused-ring (bicyclic) bond motifs is 1. The molecule has 126 valence electrons. The molecular formula is C19H17ClN4S. The molecule has 0 aliphatic carbocycles. The number of hydrogen-bond donors (Lipinski definition) is 1. The van der Waals surface area contributed by atoms with Crippen LogP contribution in [0, 0.1) is 4.77 Å². The first-order valence-corrected chi connectivity index (χ1v) is 8.97. The number of hydrogen-bond acceptors (Lipinski definition) is 4. The molecule has 1 aliphatic heterocycles. The minimum atomic E-state index is 0.562. The largest absolute Gasteiger partial charge is 0.334 e. The molecule has 4 nitrogen and oxygen atoms in total. The molecule has 1 aliphatic rings. The van der Waals surface area contributed by atoms with Crippen LogP contribution in [0.25, 0.3) is 11.3 Å². The Morgan fingerprint density at radius 1 is 1.12 bits per heavy atom. The number of benzene rings is 1. The predicted molar refractivity (Wildman–Crippen MR) is 102 cm³/mol. The molecule has 0 radical (unpaired) electrons. The lowest BCUT2D eigenvalue weighted by atomic mass is 10.1. The van der Waals surface area contributed by atoms with Gasteiger partial charge in [0.05, 0.1) is 5.69 Å². The maximum absolute atomic E-state index is 6.25. The summed E-state index contributed by atoms with van der Waals surface area (Å²) in [6, 6.07) is 11.9. The van der Waals surface area contributed by atoms with E-state index in [2.05, 4.69) is 25.9 Å². The molecule has 2 aromatic heterocycles. The van der Waals surface area contributed by atoms with Gasteiger partial charge in [0.15, 0.2) is 4.77 Å². The Labute approximate surface area is 156 Å². The van der Waals surface area contributed by atoms with Crippen molar-refractivity contribution in [3.05, 3.63) is 75.4 Å². The van der Waals surface area contributed by atoms with Gasteiger partial charge >= 0.3 is 0 Å². The van der Waals surface area contributed by atoms with Crippen LogP contribution in [0.2, 0.25) is 5.02 Å². The van der Waals surface area contributed by atoms with Gasteiger partial charge in [-0.25, -0.2) is 4.98 Å². The quantitative estimate of drug-likeness (QED) is 0.695. The van der Waals surface area contributed by atoms with Gasteiger partial charge in [0.1, 0.15) is 0 Å². The summed E-state index contributed by atoms with van der Waals surface area (Å²) < 4.78 is 0.562. The summed E-state index contributed by atoms with van der Waals surface area (Å²) in [4.78, 5) is 14.4. The first-order chi connectivity index (χ1) is 12.2. The fourth-order valence-electron chi connectivity index (χ4n) is 3.14. The Kier molecular flexibility index (Phi) is 4.61. The summed E-state index contributed by atoms with van der Waals surface area (Å²) in [6.07, 6.45) is 4.79. The Balaban J connectivity index is 1.48. The Morgan fingerprint density at radius 3 is 2.80 bits per heavy atom. The number of aromatic amines is 1. The topological polar surface area (TPSA) is 44.8 Å². The van der Waals surface area contributed by atoms with Crippen molar-refractivity contribution in [3.63, 3.8) is 0 Å². The van der Waals surface area contributed by atoms with Crippen LogP contribution in [0.15, 0.2) is 48.8 Å². The number of H-pyrrole nitrogens is 1. The van der Waals surface area contributed by atoms with E-state index in [1.807, 2.05) is 42.7 Å². The van der Waals surface area contributed by atoms with Crippen LogP contribution in [-0.4, -0.2) is 26.4 Å². The molecule has 6 heteroatoms. The van der Waals surface area contributed by atoms with Crippen LogP contribution < -0.4 is 0 Å². The molecule has 4 rings (SSSR count). The van der Waals surface area contributed by atoms with Gasteiger partial charge in [-0.3, -0.25) is 9.88 Å². The van der Waals surface area contributed by atoms with E-state index >= 15 is 0 Å². The smallest absolute Gasteiger partial charge is 0.196 e. The molecule has 0 fully saturated rings. The van der Waals surface area contributed by atoms with Crippen LogP contribution in [0.4, 0.5) is 0 Å². The fraction of sp³-hybridized carbons (Fsp3) is 0.211. The summed E-state index contributed by atoms with van der Waals surface area (Å²) in [6.45, 7) is 2.74. The third kappa shape index (κ3) is 3.63. The van der Waals surface area contributed by atoms with Gasteiger partial charge in [0.25, 0.3) is 0 Å². The second-order valence-electron chi connectivity index (χ2n) is 6.18. The van der Waals surface area contributed by atoms with Crippen LogP contribution in [0.3, 0.4) is 0 Å². The van der Waals surface area contributed by atoms with E-state index in [1.165, 1.54) is 16.8 Å². The van der Waals surface area contributed by atoms with Crippen molar-refractivity contribution in [2.45, 2.75) is 19.5 Å². The number of aromatic nitrogens is 3. The normalized spacial score (nSPS) is 14.3. The average molecular weight is 369 g/mol. The Hall–Kier alpha value is -2.08. The van der Waals surface area contributed by atoms with Crippen LogP contribution >= 0.6 is 23.8 Å². The lowest BCUT2D eigenvalue weighted by Gasteiger charge is -2.28. The molecule has 1 N–H and O–H groups in total. The second-order valence-corrected chi connectivity index (χ2v) is 6.98. The van der Waals surface area contributed by atoms with E-state index < -0.39 is 0 Å². The molecular weight excluding hydrogens is 352 g/mol. The Bertz CT molecular complexity index is 952. The van der Waals surface area contributed by atoms with Gasteiger partial charge < -0.3 is 4.98 Å². The summed E-state index contributed by atoms with van der Waals surface area (Å²) in [5, 5.41) is 0.722. The van der Waals surface area contributed by atoms with Crippen molar-refractivity contribution in [1.29, 1.82) is 0 Å². The Morgan fingerprint density at radius 2 is 2.00 bits per heavy atom. The van der Waals surface area contributed by atoms with Gasteiger partial charge in [-0.2, -0.15) is 0 Å². The van der Waals surface area contributed by atoms with Gasteiger partial charge in [0, 0.05) is 60.3 Å². The SMILES string of the molecule is S=c1ncc2c([nH]1)CCN(Cc1ccc(-c3ccccc3Cl)nc1)C2. The minimum absolute atomic E-state index is 0.562. The second kappa shape index (κ2) is 7.04. The predicted octanol–water partition coefficient (Wildman–Crippen LogP) is 4.41. The lowest BCUT2D eigenvalue weighted by molar-refractivity contribution is 0.242. The maximum atomic E-state index is 6.25. The zero-order chi connectivity index (χ0) is 17.2. The van der Waals surface area contributed by atoms with Crippen LogP contribution in [0.1, 0.15) is 16.8 Å². The molecule has 0 amide bonds. The van der Waals surface area contributed by atoms with Crippen molar-refractivity contribution in [1.82, 2.24) is 19.9 Å². The monoisotopic (exact) mass is 368 g/mol. The zero-order valence-electron chi connectivity index (χ0n) is 13.6. The zero-order valence-corrected chi connectivity index (χ0v) is 15.1. The van der Waals surface area contributed by atoms with Gasteiger partial charge in [0.2, 0.25) is 0 Å². The first-order valence-electron chi connectivity index (χ1n) is 8.18. The molecule has 0 saturated heterocycles. The van der Waals surface area contributed by atoms with E-state index in [9.17, 15) is 0 Å². The number of nitrogens with one attached hydrogen (secondary N) is 1. The standard InChI is InChI=1S/C19H17ClN4S/c20-16-4-2-1-3-15(16)18-6-5-13(9-21-18)11-24-8-7-17-14(12-24)10-22-19(25)23-17/h1-6,9-10H,7-8,11-12H2,(H,22,23,25). The molecule has 0 spiro atoms. The van der Waals surface area contributed by atoms with E-state index in [0.717, 1.165) is 42.3 Å². The molecule has 0 atom stereocenters. The summed E-state index contributed by atoms with van der Waals surface area (Å²) in [7, 11) is 0. The molecule has 1 aromatic carbocycles. The van der Waals surface area contributed by atoms with Gasteiger partial charge in [-0.15, -0.1) is 0 Å². The fourth-order valence-corrected chi connectivity index (χ4v) is 3.55. The third-order valence-corrected chi connectivity index (χ3v) is 4.97. The van der Waals surface area contributed by atoms with Crippen molar-refractivity contribution >= 4 is 23.8 Å². The van der Waals surface area contributed by atoms with E-state index in [-0.39, 0.29) is 0 Å². The number of pyridine rings is 1. The maximum Gasteiger partial charge on any atom is 0.196 e. The van der Waals surface area contributed by atoms with Crippen molar-refractivity contribution in [2.24, 2.45) is 0 Å². The average Bonchev–Trinajstić information content (AvgIpc) is 2.63. The van der Waals surface area contributed by atoms with Crippen LogP contribution in [0.5, 0.6) is 0 Å². The molecule has 0 saturated carbocycles. The van der Waals surface area contributed by atoms with Crippen molar-refractivity contribution in [3.8, 4) is 11.3 Å². The highest BCUT2D eigenvalue weighted by Gasteiger charge is 2.17. The van der Waals surface area contributed by atoms with E-state index in [4.69, 9.17) is 23.8 Å². The number of halogens is 1. The third-order valence-electron chi connectivity index (χ3n) is 4.44. The molecule has 0 unspecified atom stereocenters. The lowest BCUT2D eigenvalue weighted by Crippen LogP contribution is -2.30. The van der Waals surface area contributed by atoms with Gasteiger partial charge in [-0.1, -0.05) is 35.9 Å². The molecule has 3 heterocycles. The van der Waals surface area contributed by atoms with Crippen molar-refractivity contribution < 1.29 is 0 Å². The highest BCUT2D eigenvalue weighted by Crippen LogP contribution is 2.26.